The summed E-state index contributed by atoms with van der Waals surface area (Å²) >= 11 is 0. The summed E-state index contributed by atoms with van der Waals surface area (Å²) in [4.78, 5) is 48.6. The summed E-state index contributed by atoms with van der Waals surface area (Å²) in [6, 6.07) is 21.5. The maximum absolute atomic E-state index is 12.6. The smallest absolute Gasteiger partial charge is 0.305 e. The highest BCUT2D eigenvalue weighted by Crippen LogP contribution is 2.18. The van der Waals surface area contributed by atoms with E-state index in [4.69, 9.17) is 5.11 Å². The molecule has 0 bridgehead atoms. The van der Waals surface area contributed by atoms with Crippen LogP contribution in [0.4, 0.5) is 0 Å². The first-order valence-electron chi connectivity index (χ1n) is 11.1. The lowest BCUT2D eigenvalue weighted by Gasteiger charge is -2.18. The molecule has 0 aromatic heterocycles. The largest absolute Gasteiger partial charge is 0.481 e. The van der Waals surface area contributed by atoms with Crippen LogP contribution in [0.5, 0.6) is 0 Å². The molecule has 0 aliphatic carbocycles. The van der Waals surface area contributed by atoms with Crippen molar-refractivity contribution >= 4 is 34.5 Å². The predicted octanol–water partition coefficient (Wildman–Crippen LogP) is 2.68. The number of aliphatic carboxylic acids is 1. The van der Waals surface area contributed by atoms with Gasteiger partial charge in [0.15, 0.2) is 0 Å². The van der Waals surface area contributed by atoms with E-state index in [2.05, 4.69) is 22.5 Å². The lowest BCUT2D eigenvalue weighted by Crippen LogP contribution is -2.49. The van der Waals surface area contributed by atoms with E-state index in [9.17, 15) is 19.2 Å². The molecule has 8 heteroatoms. The normalized spacial score (nSPS) is 11.3. The second kappa shape index (κ2) is 12.1. The lowest BCUT2D eigenvalue weighted by molar-refractivity contribution is -0.140. The molecule has 180 valence electrons. The zero-order valence-corrected chi connectivity index (χ0v) is 19.1. The van der Waals surface area contributed by atoms with Gasteiger partial charge >= 0.3 is 5.97 Å². The van der Waals surface area contributed by atoms with Crippen LogP contribution in [-0.4, -0.2) is 34.8 Å². The summed E-state index contributed by atoms with van der Waals surface area (Å²) < 4.78 is 0. The molecule has 3 rings (SSSR count). The second-order valence-corrected chi connectivity index (χ2v) is 7.99. The van der Waals surface area contributed by atoms with Gasteiger partial charge in [-0.1, -0.05) is 79.4 Å². The van der Waals surface area contributed by atoms with Crippen molar-refractivity contribution in [1.82, 2.24) is 16.0 Å². The molecular formula is C27H27N3O5. The van der Waals surface area contributed by atoms with Crippen molar-refractivity contribution in [2.45, 2.75) is 31.8 Å². The van der Waals surface area contributed by atoms with Crippen molar-refractivity contribution in [1.29, 1.82) is 0 Å². The third kappa shape index (κ3) is 7.53. The fraction of sp³-hybridized carbons (Fsp3) is 0.185. The minimum Gasteiger partial charge on any atom is -0.481 e. The van der Waals surface area contributed by atoms with E-state index in [-0.39, 0.29) is 18.7 Å². The van der Waals surface area contributed by atoms with E-state index in [0.717, 1.165) is 21.9 Å². The Labute approximate surface area is 203 Å². The molecule has 0 heterocycles. The van der Waals surface area contributed by atoms with Crippen molar-refractivity contribution in [2.24, 2.45) is 0 Å². The van der Waals surface area contributed by atoms with Crippen molar-refractivity contribution in [3.8, 4) is 0 Å². The topological polar surface area (TPSA) is 125 Å². The standard InChI is InChI=1S/C27H27N3O5/c1-18(26(34)28-17-21-12-7-11-20-10-5-6-13-22(20)21)29-27(35)23(16-25(32)33)30-24(31)15-14-19-8-3-2-4-9-19/h2-13,23H,1,14-17H2,(H,28,34)(H,29,35)(H,30,31)(H,32,33)/t23-/m0/s1. The predicted molar refractivity (Wildman–Crippen MR) is 132 cm³/mol. The Kier molecular flexibility index (Phi) is 8.72. The van der Waals surface area contributed by atoms with E-state index in [1.54, 1.807) is 0 Å². The Bertz CT molecular complexity index is 1230. The monoisotopic (exact) mass is 473 g/mol. The van der Waals surface area contributed by atoms with Crippen molar-refractivity contribution < 1.29 is 24.3 Å². The maximum Gasteiger partial charge on any atom is 0.305 e. The van der Waals surface area contributed by atoms with Crippen LogP contribution < -0.4 is 16.0 Å². The molecule has 0 aliphatic rings. The second-order valence-electron chi connectivity index (χ2n) is 7.99. The molecule has 0 saturated heterocycles. The molecule has 0 unspecified atom stereocenters. The first-order chi connectivity index (χ1) is 16.8. The van der Waals surface area contributed by atoms with Crippen LogP contribution in [0.25, 0.3) is 10.8 Å². The average molecular weight is 474 g/mol. The number of carboxylic acids is 1. The first kappa shape index (κ1) is 25.2. The van der Waals surface area contributed by atoms with Gasteiger partial charge in [-0.05, 0) is 28.3 Å². The van der Waals surface area contributed by atoms with Gasteiger partial charge in [-0.3, -0.25) is 19.2 Å². The number of rotatable bonds is 11. The molecule has 3 aromatic rings. The average Bonchev–Trinajstić information content (AvgIpc) is 2.85. The highest BCUT2D eigenvalue weighted by molar-refractivity contribution is 5.99. The molecule has 8 nitrogen and oxygen atoms in total. The SMILES string of the molecule is C=C(NC(=O)[C@H](CC(=O)O)NC(=O)CCc1ccccc1)C(=O)NCc1cccc2ccccc12. The molecular weight excluding hydrogens is 446 g/mol. The van der Waals surface area contributed by atoms with Gasteiger partial charge in [0.2, 0.25) is 11.8 Å². The highest BCUT2D eigenvalue weighted by atomic mass is 16.4. The van der Waals surface area contributed by atoms with Gasteiger partial charge in [-0.2, -0.15) is 0 Å². The van der Waals surface area contributed by atoms with Crippen LogP contribution in [0.3, 0.4) is 0 Å². The molecule has 1 atom stereocenters. The zero-order valence-electron chi connectivity index (χ0n) is 19.1. The van der Waals surface area contributed by atoms with E-state index in [1.165, 1.54) is 0 Å². The third-order valence-corrected chi connectivity index (χ3v) is 5.38. The number of carboxylic acid groups (broad SMARTS) is 1. The third-order valence-electron chi connectivity index (χ3n) is 5.38. The zero-order chi connectivity index (χ0) is 25.2. The van der Waals surface area contributed by atoms with Crippen LogP contribution in [0.1, 0.15) is 24.0 Å². The first-order valence-corrected chi connectivity index (χ1v) is 11.1. The summed E-state index contributed by atoms with van der Waals surface area (Å²) in [5.74, 6) is -3.18. The molecule has 0 aliphatic heterocycles. The molecule has 4 N–H and O–H groups in total. The quantitative estimate of drug-likeness (QED) is 0.319. The number of nitrogens with one attached hydrogen (secondary N) is 3. The summed E-state index contributed by atoms with van der Waals surface area (Å²) in [7, 11) is 0. The molecule has 35 heavy (non-hydrogen) atoms. The summed E-state index contributed by atoms with van der Waals surface area (Å²) in [5.41, 5.74) is 1.59. The fourth-order valence-corrected chi connectivity index (χ4v) is 3.57. The van der Waals surface area contributed by atoms with Gasteiger partial charge in [0.25, 0.3) is 5.91 Å². The number of aryl methyl sites for hydroxylation is 1. The number of benzene rings is 3. The van der Waals surface area contributed by atoms with Crippen molar-refractivity contribution in [3.05, 3.63) is 96.2 Å². The number of carbonyl (C=O) groups excluding carboxylic acids is 3. The van der Waals surface area contributed by atoms with Crippen LogP contribution in [0.15, 0.2) is 85.1 Å². The van der Waals surface area contributed by atoms with Gasteiger partial charge in [0, 0.05) is 13.0 Å². The van der Waals surface area contributed by atoms with E-state index >= 15 is 0 Å². The number of fused-ring (bicyclic) bond motifs is 1. The summed E-state index contributed by atoms with van der Waals surface area (Å²) in [6.07, 6.45) is -0.106. The minimum atomic E-state index is -1.35. The number of hydrogen-bond donors (Lipinski definition) is 4. The van der Waals surface area contributed by atoms with Gasteiger partial charge in [0.05, 0.1) is 12.1 Å². The Morgan fingerprint density at radius 1 is 0.886 bits per heavy atom. The minimum absolute atomic E-state index is 0.0832. The molecule has 3 aromatic carbocycles. The van der Waals surface area contributed by atoms with Crippen molar-refractivity contribution in [3.63, 3.8) is 0 Å². The molecule has 0 radical (unpaired) electrons. The number of hydrogen-bond acceptors (Lipinski definition) is 4. The van der Waals surface area contributed by atoms with Crippen LogP contribution >= 0.6 is 0 Å². The van der Waals surface area contributed by atoms with Crippen LogP contribution in [0, 0.1) is 0 Å². The number of carbonyl (C=O) groups is 4. The van der Waals surface area contributed by atoms with E-state index in [0.29, 0.717) is 6.42 Å². The summed E-state index contributed by atoms with van der Waals surface area (Å²) in [5, 5.41) is 18.6. The van der Waals surface area contributed by atoms with Crippen LogP contribution in [0.2, 0.25) is 0 Å². The van der Waals surface area contributed by atoms with E-state index in [1.807, 2.05) is 72.8 Å². The van der Waals surface area contributed by atoms with Crippen molar-refractivity contribution in [2.75, 3.05) is 0 Å². The molecule has 3 amide bonds. The Hall–Kier alpha value is -4.46. The van der Waals surface area contributed by atoms with Gasteiger partial charge < -0.3 is 21.1 Å². The maximum atomic E-state index is 12.6. The lowest BCUT2D eigenvalue weighted by atomic mass is 10.0. The Morgan fingerprint density at radius 2 is 1.57 bits per heavy atom. The van der Waals surface area contributed by atoms with Gasteiger partial charge in [0.1, 0.15) is 6.04 Å². The molecule has 0 spiro atoms. The molecule has 0 saturated carbocycles. The van der Waals surface area contributed by atoms with Gasteiger partial charge in [-0.15, -0.1) is 0 Å². The Balaban J connectivity index is 1.54. The van der Waals surface area contributed by atoms with Gasteiger partial charge in [-0.25, -0.2) is 0 Å². The fourth-order valence-electron chi connectivity index (χ4n) is 3.57. The van der Waals surface area contributed by atoms with E-state index < -0.39 is 36.2 Å². The highest BCUT2D eigenvalue weighted by Gasteiger charge is 2.25. The number of amides is 3. The molecule has 0 fully saturated rings. The summed E-state index contributed by atoms with van der Waals surface area (Å²) in [6.45, 7) is 3.79. The van der Waals surface area contributed by atoms with Crippen LogP contribution in [-0.2, 0) is 32.1 Å². The Morgan fingerprint density at radius 3 is 2.31 bits per heavy atom.